The molecule has 9 rings (SSSR count). The molecule has 0 N–H and O–H groups in total. The van der Waals surface area contributed by atoms with E-state index in [0.717, 1.165) is 45.1 Å². The van der Waals surface area contributed by atoms with Gasteiger partial charge in [0.2, 0.25) is 0 Å². The molecule has 0 bridgehead atoms. The lowest BCUT2D eigenvalue weighted by Gasteiger charge is -2.59. The zero-order chi connectivity index (χ0) is 50.6. The van der Waals surface area contributed by atoms with E-state index in [1.807, 2.05) is 6.92 Å². The molecule has 0 aromatic heterocycles. The van der Waals surface area contributed by atoms with Crippen LogP contribution in [-0.4, -0.2) is 194 Å². The highest BCUT2D eigenvalue weighted by molar-refractivity contribution is 5.26. The van der Waals surface area contributed by atoms with Crippen molar-refractivity contribution in [2.24, 2.45) is 46.3 Å². The second kappa shape index (κ2) is 22.6. The van der Waals surface area contributed by atoms with Gasteiger partial charge in [-0.15, -0.1) is 0 Å². The van der Waals surface area contributed by atoms with Crippen LogP contribution < -0.4 is 0 Å². The number of rotatable bonds is 17. The summed E-state index contributed by atoms with van der Waals surface area (Å²) in [4.78, 5) is 0. The van der Waals surface area contributed by atoms with Crippen molar-refractivity contribution in [3.63, 3.8) is 0 Å². The minimum absolute atomic E-state index is 0.0826. The second-order valence-corrected chi connectivity index (χ2v) is 23.1. The maximum absolute atomic E-state index is 7.25. The van der Waals surface area contributed by atoms with Crippen LogP contribution >= 0.6 is 0 Å². The number of methoxy groups -OCH3 is 9. The molecule has 5 heterocycles. The zero-order valence-corrected chi connectivity index (χ0v) is 45.3. The standard InChI is InChI=1S/C54H90O17/c1-28-17-22-54(64-25-28)29(2)39-36(71-54)24-35-33-16-15-31-23-32(18-20-52(31,4)34(33)19-21-53(35,39)5)66-51-48(70-49-46(62-13)43(59-10)40(57-8)30(3)65-49)45(61-12)42(38(68-51)27-56-7)69-50-47(63-14)44(60-11)41(58-9)37(67-50)26-55-6/h15,28-30,32-51H,16-27H2,1-14H3. The lowest BCUT2D eigenvalue weighted by Crippen LogP contribution is -2.68. The van der Waals surface area contributed by atoms with Gasteiger partial charge in [0.1, 0.15) is 67.1 Å². The summed E-state index contributed by atoms with van der Waals surface area (Å²) in [6, 6.07) is 0. The number of ether oxygens (including phenoxy) is 17. The predicted octanol–water partition coefficient (Wildman–Crippen LogP) is 6.10. The Morgan fingerprint density at radius 2 is 1.15 bits per heavy atom. The van der Waals surface area contributed by atoms with Crippen LogP contribution in [0.4, 0.5) is 0 Å². The Bertz CT molecular complexity index is 1770. The molecule has 26 unspecified atom stereocenters. The topological polar surface area (TPSA) is 157 Å². The van der Waals surface area contributed by atoms with E-state index in [2.05, 4.69) is 33.8 Å². The van der Waals surface area contributed by atoms with E-state index in [-0.39, 0.29) is 36.3 Å². The van der Waals surface area contributed by atoms with Gasteiger partial charge < -0.3 is 80.5 Å². The summed E-state index contributed by atoms with van der Waals surface area (Å²) in [6.45, 7) is 13.0. The van der Waals surface area contributed by atoms with Crippen LogP contribution in [0.1, 0.15) is 92.4 Å². The van der Waals surface area contributed by atoms with Gasteiger partial charge in [0.05, 0.1) is 38.1 Å². The van der Waals surface area contributed by atoms with Crippen LogP contribution in [0.5, 0.6) is 0 Å². The average Bonchev–Trinajstić information content (AvgIpc) is 3.81. The summed E-state index contributed by atoms with van der Waals surface area (Å²) in [5.41, 5.74) is 1.84. The Balaban J connectivity index is 0.968. The van der Waals surface area contributed by atoms with Gasteiger partial charge in [-0.2, -0.15) is 0 Å². The molecule has 408 valence electrons. The molecule has 17 heteroatoms. The number of hydrogen-bond acceptors (Lipinski definition) is 17. The minimum atomic E-state index is -0.958. The van der Waals surface area contributed by atoms with Gasteiger partial charge in [-0.05, 0) is 98.7 Å². The third-order valence-electron chi connectivity index (χ3n) is 19.7. The second-order valence-electron chi connectivity index (χ2n) is 23.1. The Morgan fingerprint density at radius 1 is 0.577 bits per heavy atom. The molecule has 3 saturated carbocycles. The van der Waals surface area contributed by atoms with Crippen molar-refractivity contribution in [3.8, 4) is 0 Å². The molecule has 5 saturated heterocycles. The molecule has 9 aliphatic rings. The molecule has 71 heavy (non-hydrogen) atoms. The van der Waals surface area contributed by atoms with Crippen molar-refractivity contribution in [1.29, 1.82) is 0 Å². The minimum Gasteiger partial charge on any atom is -0.382 e. The number of hydrogen-bond donors (Lipinski definition) is 0. The van der Waals surface area contributed by atoms with Crippen LogP contribution in [0.15, 0.2) is 11.6 Å². The lowest BCUT2D eigenvalue weighted by atomic mass is 9.47. The van der Waals surface area contributed by atoms with Crippen molar-refractivity contribution >= 4 is 0 Å². The number of fused-ring (bicyclic) bond motifs is 7. The first kappa shape index (κ1) is 54.8. The Hall–Kier alpha value is -0.940. The van der Waals surface area contributed by atoms with E-state index in [0.29, 0.717) is 35.5 Å². The molecule has 0 radical (unpaired) electrons. The highest BCUT2D eigenvalue weighted by atomic mass is 16.8. The van der Waals surface area contributed by atoms with Gasteiger partial charge in [0.15, 0.2) is 24.7 Å². The van der Waals surface area contributed by atoms with E-state index in [9.17, 15) is 0 Å². The highest BCUT2D eigenvalue weighted by Gasteiger charge is 2.69. The molecule has 1 spiro atoms. The Labute approximate surface area is 423 Å². The van der Waals surface area contributed by atoms with E-state index in [1.165, 1.54) is 24.8 Å². The molecule has 17 nitrogen and oxygen atoms in total. The summed E-state index contributed by atoms with van der Waals surface area (Å²) in [6.07, 6.45) is 2.03. The maximum Gasteiger partial charge on any atom is 0.187 e. The van der Waals surface area contributed by atoms with Crippen molar-refractivity contribution in [2.75, 3.05) is 83.8 Å². The maximum atomic E-state index is 7.25. The van der Waals surface area contributed by atoms with Gasteiger partial charge in [-0.25, -0.2) is 0 Å². The summed E-state index contributed by atoms with van der Waals surface area (Å²) in [5, 5.41) is 0. The predicted molar refractivity (Wildman–Crippen MR) is 257 cm³/mol. The molecular weight excluding hydrogens is 921 g/mol. The van der Waals surface area contributed by atoms with E-state index >= 15 is 0 Å². The van der Waals surface area contributed by atoms with Crippen LogP contribution in [0, 0.1) is 46.3 Å². The van der Waals surface area contributed by atoms with Crippen molar-refractivity contribution < 1.29 is 80.5 Å². The molecule has 0 aromatic carbocycles. The molecule has 4 aliphatic carbocycles. The van der Waals surface area contributed by atoms with Crippen LogP contribution in [0.2, 0.25) is 0 Å². The smallest absolute Gasteiger partial charge is 0.187 e. The molecule has 0 amide bonds. The molecular formula is C54H90O17. The van der Waals surface area contributed by atoms with Gasteiger partial charge in [0, 0.05) is 76.3 Å². The van der Waals surface area contributed by atoms with Crippen molar-refractivity contribution in [2.45, 2.75) is 203 Å². The van der Waals surface area contributed by atoms with E-state index < -0.39 is 97.9 Å². The summed E-state index contributed by atoms with van der Waals surface area (Å²) in [5.74, 6) is 3.02. The van der Waals surface area contributed by atoms with Crippen LogP contribution in [-0.2, 0) is 80.5 Å². The Morgan fingerprint density at radius 3 is 1.76 bits per heavy atom. The summed E-state index contributed by atoms with van der Waals surface area (Å²) >= 11 is 0. The van der Waals surface area contributed by atoms with Gasteiger partial charge in [0.25, 0.3) is 0 Å². The summed E-state index contributed by atoms with van der Waals surface area (Å²) < 4.78 is 109. The van der Waals surface area contributed by atoms with Crippen LogP contribution in [0.3, 0.4) is 0 Å². The molecule has 26 atom stereocenters. The van der Waals surface area contributed by atoms with E-state index in [4.69, 9.17) is 80.5 Å². The van der Waals surface area contributed by atoms with Gasteiger partial charge in [-0.3, -0.25) is 0 Å². The summed E-state index contributed by atoms with van der Waals surface area (Å²) in [7, 11) is 14.6. The quantitative estimate of drug-likeness (QED) is 0.154. The normalized spacial score (nSPS) is 51.9. The molecule has 8 fully saturated rings. The van der Waals surface area contributed by atoms with Gasteiger partial charge in [-0.1, -0.05) is 39.3 Å². The first-order valence-electron chi connectivity index (χ1n) is 26.8. The fourth-order valence-corrected chi connectivity index (χ4v) is 16.1. The monoisotopic (exact) mass is 1010 g/mol. The SMILES string of the molecule is COCC1OC(OC2C(COC)OC(OC3CCC4(C)C(=CCC5C4CCC4(C)C5CC5OC6(CCC(C)CO6)C(C)C54)C3)C(OC3OC(C)C(OC)C(OC)C3OC)C2OC)C(OC)C(OC)C1OC. The lowest BCUT2D eigenvalue weighted by molar-refractivity contribution is -0.394. The molecule has 0 aromatic rings. The first-order chi connectivity index (χ1) is 34.2. The van der Waals surface area contributed by atoms with Crippen LogP contribution in [0.25, 0.3) is 0 Å². The van der Waals surface area contributed by atoms with E-state index in [1.54, 1.807) is 64.0 Å². The fourth-order valence-electron chi connectivity index (χ4n) is 16.1. The zero-order valence-electron chi connectivity index (χ0n) is 45.3. The highest BCUT2D eigenvalue weighted by Crippen LogP contribution is 2.71. The average molecular weight is 1010 g/mol. The Kier molecular flexibility index (Phi) is 17.4. The van der Waals surface area contributed by atoms with Gasteiger partial charge >= 0.3 is 0 Å². The largest absolute Gasteiger partial charge is 0.382 e. The molecule has 5 aliphatic heterocycles. The third kappa shape index (κ3) is 9.69. The first-order valence-corrected chi connectivity index (χ1v) is 26.8. The third-order valence-corrected chi connectivity index (χ3v) is 19.7. The number of allylic oxidation sites excluding steroid dienone is 1. The van der Waals surface area contributed by atoms with Crippen molar-refractivity contribution in [3.05, 3.63) is 11.6 Å². The van der Waals surface area contributed by atoms with Crippen molar-refractivity contribution in [1.82, 2.24) is 0 Å². The fraction of sp³-hybridized carbons (Fsp3) is 0.963.